The van der Waals surface area contributed by atoms with Gasteiger partial charge < -0.3 is 16.4 Å². The second-order valence-electron chi connectivity index (χ2n) is 5.78. The number of halogens is 2. The van der Waals surface area contributed by atoms with Crippen LogP contribution in [0.15, 0.2) is 0 Å². The number of hydrogen-bond donors (Lipinski definition) is 2. The molecule has 1 fully saturated rings. The Morgan fingerprint density at radius 2 is 2.05 bits per heavy atom. The molecule has 0 spiro atoms. The van der Waals surface area contributed by atoms with Gasteiger partial charge in [0.05, 0.1) is 10.2 Å². The van der Waals surface area contributed by atoms with Gasteiger partial charge in [-0.2, -0.15) is 4.98 Å². The van der Waals surface area contributed by atoms with Gasteiger partial charge in [0.1, 0.15) is 0 Å². The topological polar surface area (TPSA) is 81.1 Å². The highest BCUT2D eigenvalue weighted by atomic mass is 32.1. The Bertz CT molecular complexity index is 723. The fraction of sp³-hybridized carbons (Fsp3) is 0.538. The Kier molecular flexibility index (Phi) is 2.65. The number of hydrogen-bond acceptors (Lipinski definition) is 6. The molecule has 0 atom stereocenters. The summed E-state index contributed by atoms with van der Waals surface area (Å²) in [5.74, 6) is -1.78. The fourth-order valence-corrected chi connectivity index (χ4v) is 4.27. The molecule has 8 heteroatoms. The second kappa shape index (κ2) is 4.23. The molecule has 1 saturated heterocycles. The Morgan fingerprint density at radius 3 is 2.76 bits per heavy atom. The SMILES string of the molecule is Nc1nc(N2CC(N)C2)c2sc3c(c2n1)CC(F)(F)CC3. The van der Waals surface area contributed by atoms with Crippen molar-refractivity contribution in [3.05, 3.63) is 10.4 Å². The maximum Gasteiger partial charge on any atom is 0.252 e. The molecular weight excluding hydrogens is 296 g/mol. The molecule has 0 radical (unpaired) electrons. The molecule has 1 aliphatic heterocycles. The van der Waals surface area contributed by atoms with E-state index in [0.717, 1.165) is 15.4 Å². The summed E-state index contributed by atoms with van der Waals surface area (Å²) < 4.78 is 28.2. The lowest BCUT2D eigenvalue weighted by atomic mass is 9.95. The normalized spacial score (nSPS) is 21.4. The molecule has 3 heterocycles. The van der Waals surface area contributed by atoms with Crippen molar-refractivity contribution in [2.24, 2.45) is 5.73 Å². The zero-order valence-corrected chi connectivity index (χ0v) is 12.1. The maximum absolute atomic E-state index is 13.7. The molecule has 0 amide bonds. The van der Waals surface area contributed by atoms with E-state index >= 15 is 0 Å². The highest BCUT2D eigenvalue weighted by Crippen LogP contribution is 2.44. The van der Waals surface area contributed by atoms with Crippen molar-refractivity contribution in [1.82, 2.24) is 9.97 Å². The standard InChI is InChI=1S/C13H15F2N5S/c14-13(15)2-1-8-7(3-13)9-10(21-8)11(19-12(17)18-9)20-4-6(16)5-20/h6H,1-5,16H2,(H2,17,18,19). The Labute approximate surface area is 124 Å². The van der Waals surface area contributed by atoms with Gasteiger partial charge in [0.15, 0.2) is 5.82 Å². The Hall–Kier alpha value is -1.54. The summed E-state index contributed by atoms with van der Waals surface area (Å²) in [6.07, 6.45) is 0.0413. The minimum absolute atomic E-state index is 0.0976. The number of nitrogens with two attached hydrogens (primary N) is 2. The predicted octanol–water partition coefficient (Wildman–Crippen LogP) is 1.54. The largest absolute Gasteiger partial charge is 0.368 e. The molecule has 0 unspecified atom stereocenters. The molecule has 0 aromatic carbocycles. The lowest BCUT2D eigenvalue weighted by molar-refractivity contribution is -0.0113. The van der Waals surface area contributed by atoms with Crippen molar-refractivity contribution in [2.45, 2.75) is 31.2 Å². The Morgan fingerprint density at radius 1 is 1.29 bits per heavy atom. The highest BCUT2D eigenvalue weighted by Gasteiger charge is 2.37. The summed E-state index contributed by atoms with van der Waals surface area (Å²) >= 11 is 1.52. The number of nitrogen functional groups attached to an aromatic ring is 1. The number of rotatable bonds is 1. The van der Waals surface area contributed by atoms with Gasteiger partial charge in [-0.1, -0.05) is 0 Å². The first-order valence-corrected chi connectivity index (χ1v) is 7.71. The molecular formula is C13H15F2N5S. The van der Waals surface area contributed by atoms with Crippen molar-refractivity contribution in [2.75, 3.05) is 23.7 Å². The van der Waals surface area contributed by atoms with Gasteiger partial charge in [0, 0.05) is 36.9 Å². The summed E-state index contributed by atoms with van der Waals surface area (Å²) in [6.45, 7) is 1.43. The molecule has 21 heavy (non-hydrogen) atoms. The summed E-state index contributed by atoms with van der Waals surface area (Å²) in [5.41, 5.74) is 12.8. The molecule has 2 aromatic rings. The van der Waals surface area contributed by atoms with E-state index in [1.807, 2.05) is 4.90 Å². The average molecular weight is 311 g/mol. The number of fused-ring (bicyclic) bond motifs is 3. The van der Waals surface area contributed by atoms with Gasteiger partial charge in [0.25, 0.3) is 5.92 Å². The van der Waals surface area contributed by atoms with Crippen LogP contribution in [-0.4, -0.2) is 35.0 Å². The van der Waals surface area contributed by atoms with E-state index in [-0.39, 0.29) is 24.8 Å². The Balaban J connectivity index is 1.87. The van der Waals surface area contributed by atoms with E-state index in [4.69, 9.17) is 11.5 Å². The van der Waals surface area contributed by atoms with Crippen LogP contribution in [0.5, 0.6) is 0 Å². The average Bonchev–Trinajstić information content (AvgIpc) is 2.71. The van der Waals surface area contributed by atoms with Crippen LogP contribution in [0.4, 0.5) is 20.5 Å². The van der Waals surface area contributed by atoms with Gasteiger partial charge in [-0.3, -0.25) is 0 Å². The highest BCUT2D eigenvalue weighted by molar-refractivity contribution is 7.19. The number of aryl methyl sites for hydroxylation is 1. The molecule has 0 saturated carbocycles. The lowest BCUT2D eigenvalue weighted by Gasteiger charge is -2.37. The van der Waals surface area contributed by atoms with Crippen LogP contribution in [0.1, 0.15) is 16.9 Å². The first-order chi connectivity index (χ1) is 9.93. The van der Waals surface area contributed by atoms with E-state index in [1.165, 1.54) is 11.3 Å². The van der Waals surface area contributed by atoms with E-state index in [2.05, 4.69) is 9.97 Å². The van der Waals surface area contributed by atoms with Gasteiger partial charge in [-0.15, -0.1) is 11.3 Å². The predicted molar refractivity (Wildman–Crippen MR) is 79.0 cm³/mol. The van der Waals surface area contributed by atoms with Gasteiger partial charge >= 0.3 is 0 Å². The number of thiophene rings is 1. The quantitative estimate of drug-likeness (QED) is 0.835. The number of alkyl halides is 2. The number of aromatic nitrogens is 2. The van der Waals surface area contributed by atoms with E-state index in [9.17, 15) is 8.78 Å². The molecule has 2 aliphatic rings. The third-order valence-electron chi connectivity index (χ3n) is 4.08. The number of anilines is 2. The molecule has 112 valence electrons. The third kappa shape index (κ3) is 2.04. The van der Waals surface area contributed by atoms with Crippen molar-refractivity contribution < 1.29 is 8.78 Å². The molecule has 1 aliphatic carbocycles. The molecule has 4 N–H and O–H groups in total. The van der Waals surface area contributed by atoms with Crippen LogP contribution < -0.4 is 16.4 Å². The summed E-state index contributed by atoms with van der Waals surface area (Å²) in [6, 6.07) is 0.134. The third-order valence-corrected chi connectivity index (χ3v) is 5.35. The molecule has 5 nitrogen and oxygen atoms in total. The summed E-state index contributed by atoms with van der Waals surface area (Å²) in [4.78, 5) is 11.5. The van der Waals surface area contributed by atoms with Crippen LogP contribution in [0.2, 0.25) is 0 Å². The molecule has 0 bridgehead atoms. The number of nitrogens with zero attached hydrogens (tertiary/aromatic N) is 3. The van der Waals surface area contributed by atoms with Gasteiger partial charge in [-0.05, 0) is 12.0 Å². The van der Waals surface area contributed by atoms with Gasteiger partial charge in [-0.25, -0.2) is 13.8 Å². The van der Waals surface area contributed by atoms with Crippen molar-refractivity contribution in [3.8, 4) is 0 Å². The fourth-order valence-electron chi connectivity index (χ4n) is 3.00. The van der Waals surface area contributed by atoms with Crippen LogP contribution in [0.25, 0.3) is 10.2 Å². The molecule has 2 aromatic heterocycles. The lowest BCUT2D eigenvalue weighted by Crippen LogP contribution is -2.56. The first kappa shape index (κ1) is 13.1. The zero-order chi connectivity index (χ0) is 14.8. The van der Waals surface area contributed by atoms with Gasteiger partial charge in [0.2, 0.25) is 5.95 Å². The van der Waals surface area contributed by atoms with Crippen molar-refractivity contribution in [1.29, 1.82) is 0 Å². The molecule has 4 rings (SSSR count). The minimum Gasteiger partial charge on any atom is -0.368 e. The van der Waals surface area contributed by atoms with E-state index < -0.39 is 5.92 Å². The van der Waals surface area contributed by atoms with Crippen LogP contribution in [-0.2, 0) is 12.8 Å². The van der Waals surface area contributed by atoms with E-state index in [1.54, 1.807) is 0 Å². The van der Waals surface area contributed by atoms with Crippen molar-refractivity contribution >= 4 is 33.3 Å². The van der Waals surface area contributed by atoms with Crippen LogP contribution in [0.3, 0.4) is 0 Å². The summed E-state index contributed by atoms with van der Waals surface area (Å²) in [7, 11) is 0. The van der Waals surface area contributed by atoms with Crippen LogP contribution >= 0.6 is 11.3 Å². The van der Waals surface area contributed by atoms with E-state index in [0.29, 0.717) is 30.6 Å². The zero-order valence-electron chi connectivity index (χ0n) is 11.3. The second-order valence-corrected chi connectivity index (χ2v) is 6.89. The van der Waals surface area contributed by atoms with Crippen LogP contribution in [0, 0.1) is 0 Å². The maximum atomic E-state index is 13.7. The smallest absolute Gasteiger partial charge is 0.252 e. The summed E-state index contributed by atoms with van der Waals surface area (Å²) in [5, 5.41) is 0. The minimum atomic E-state index is -2.65. The monoisotopic (exact) mass is 311 g/mol. The van der Waals surface area contributed by atoms with Crippen molar-refractivity contribution in [3.63, 3.8) is 0 Å². The first-order valence-electron chi connectivity index (χ1n) is 6.89.